The summed E-state index contributed by atoms with van der Waals surface area (Å²) in [5.74, 6) is 0. The molecular weight excluding hydrogens is 588 g/mol. The molecule has 1 aliphatic heterocycles. The first-order valence-electron chi connectivity index (χ1n) is 14.4. The second-order valence-corrected chi connectivity index (χ2v) is 12.4. The maximum Gasteiger partial charge on any atom is 0.269 e. The fourth-order valence-corrected chi connectivity index (χ4v) is 5.24. The van der Waals surface area contributed by atoms with Crippen LogP contribution in [0.5, 0.6) is 0 Å². The Morgan fingerprint density at radius 1 is 0.773 bits per heavy atom. The van der Waals surface area contributed by atoms with Crippen molar-refractivity contribution in [3.8, 4) is 0 Å². The maximum absolute atomic E-state index is 10.7. The van der Waals surface area contributed by atoms with Crippen LogP contribution < -0.4 is 10.6 Å². The van der Waals surface area contributed by atoms with Crippen molar-refractivity contribution in [1.29, 1.82) is 0 Å². The first-order chi connectivity index (χ1) is 20.8. The Kier molecular flexibility index (Phi) is 12.6. The SMILES string of the molecule is C[N+]1(CCCNc2ccc([N+](=O)[O-])cc2)CCN(CCCNc2ccc([N+](=O)[O-])cc2)CC1.Cc1ccc(S(=O)(=O)[O-])cc1. The first-order valence-corrected chi connectivity index (χ1v) is 15.8. The van der Waals surface area contributed by atoms with Crippen LogP contribution in [-0.4, -0.2) is 91.6 Å². The van der Waals surface area contributed by atoms with Crippen molar-refractivity contribution in [2.45, 2.75) is 24.7 Å². The Labute approximate surface area is 258 Å². The first kappa shape index (κ1) is 34.4. The van der Waals surface area contributed by atoms with Crippen molar-refractivity contribution in [2.24, 2.45) is 0 Å². The molecule has 0 aliphatic carbocycles. The van der Waals surface area contributed by atoms with E-state index in [1.807, 2.05) is 6.92 Å². The normalized spacial score (nSPS) is 14.6. The molecule has 0 aromatic heterocycles. The smallest absolute Gasteiger partial charge is 0.269 e. The Morgan fingerprint density at radius 3 is 1.66 bits per heavy atom. The summed E-state index contributed by atoms with van der Waals surface area (Å²) in [5.41, 5.74) is 2.97. The van der Waals surface area contributed by atoms with E-state index in [4.69, 9.17) is 0 Å². The number of nitro benzene ring substituents is 2. The number of anilines is 2. The van der Waals surface area contributed by atoms with E-state index in [1.165, 1.54) is 36.4 Å². The average Bonchev–Trinajstić information content (AvgIpc) is 2.99. The van der Waals surface area contributed by atoms with E-state index in [9.17, 15) is 33.2 Å². The number of quaternary nitrogens is 1. The van der Waals surface area contributed by atoms with Crippen molar-refractivity contribution in [1.82, 2.24) is 4.90 Å². The number of nitrogens with zero attached hydrogens (tertiary/aromatic N) is 4. The zero-order valence-electron chi connectivity index (χ0n) is 25.1. The summed E-state index contributed by atoms with van der Waals surface area (Å²) in [6.45, 7) is 10.1. The molecule has 2 N–H and O–H groups in total. The predicted octanol–water partition coefficient (Wildman–Crippen LogP) is 4.47. The third-order valence-electron chi connectivity index (χ3n) is 7.56. The molecule has 14 heteroatoms. The second-order valence-electron chi connectivity index (χ2n) is 11.1. The molecule has 1 aliphatic rings. The van der Waals surface area contributed by atoms with Gasteiger partial charge in [0.1, 0.15) is 10.1 Å². The fourth-order valence-electron chi connectivity index (χ4n) is 4.77. The number of likely N-dealkylation sites (N-methyl/N-ethyl adjacent to an activating group) is 1. The van der Waals surface area contributed by atoms with Crippen LogP contribution in [0.3, 0.4) is 0 Å². The maximum atomic E-state index is 10.7. The van der Waals surface area contributed by atoms with Gasteiger partial charge in [0.15, 0.2) is 0 Å². The van der Waals surface area contributed by atoms with Gasteiger partial charge in [-0.05, 0) is 49.7 Å². The summed E-state index contributed by atoms with van der Waals surface area (Å²) in [6, 6.07) is 18.9. The molecule has 3 aromatic carbocycles. The molecule has 1 saturated heterocycles. The van der Waals surface area contributed by atoms with E-state index in [-0.39, 0.29) is 26.1 Å². The molecule has 13 nitrogen and oxygen atoms in total. The Balaban J connectivity index is 0.000000404. The molecule has 4 rings (SSSR count). The summed E-state index contributed by atoms with van der Waals surface area (Å²) in [7, 11) is -1.95. The standard InChI is InChI=1S/C23H33N6O4.C7H8O3S/c1-29(17-3-13-25-21-6-10-23(11-7-21)28(32)33)18-15-26(16-19-29)14-2-12-24-20-4-8-22(9-5-20)27(30)31;1-6-2-4-7(5-3-6)11(8,9)10/h4-11,24-25H,2-3,12-19H2,1H3;2-5H,1H3,(H,8,9,10)/q+1;/p-1. The zero-order valence-corrected chi connectivity index (χ0v) is 25.9. The minimum atomic E-state index is -4.27. The van der Waals surface area contributed by atoms with E-state index >= 15 is 0 Å². The number of piperazine rings is 1. The highest BCUT2D eigenvalue weighted by Gasteiger charge is 2.27. The third-order valence-corrected chi connectivity index (χ3v) is 8.41. The van der Waals surface area contributed by atoms with E-state index in [0.29, 0.717) is 0 Å². The molecule has 44 heavy (non-hydrogen) atoms. The van der Waals surface area contributed by atoms with Crippen LogP contribution in [0.4, 0.5) is 22.7 Å². The largest absolute Gasteiger partial charge is 0.744 e. The lowest BCUT2D eigenvalue weighted by atomic mass is 10.2. The Bertz CT molecular complexity index is 1460. The van der Waals surface area contributed by atoms with E-state index in [1.54, 1.807) is 36.4 Å². The minimum absolute atomic E-state index is 0.108. The van der Waals surface area contributed by atoms with Crippen LogP contribution in [0.2, 0.25) is 0 Å². The molecule has 0 radical (unpaired) electrons. The summed E-state index contributed by atoms with van der Waals surface area (Å²) >= 11 is 0. The van der Waals surface area contributed by atoms with Crippen molar-refractivity contribution in [3.63, 3.8) is 0 Å². The van der Waals surface area contributed by atoms with Crippen molar-refractivity contribution in [3.05, 3.63) is 98.6 Å². The molecule has 0 unspecified atom stereocenters. The molecule has 0 amide bonds. The second kappa shape index (κ2) is 16.1. The molecule has 3 aromatic rings. The van der Waals surface area contributed by atoms with Gasteiger partial charge in [-0.15, -0.1) is 0 Å². The average molecular weight is 629 g/mol. The van der Waals surface area contributed by atoms with Gasteiger partial charge < -0.3 is 19.7 Å². The summed E-state index contributed by atoms with van der Waals surface area (Å²) in [6.07, 6.45) is 2.08. The molecule has 0 atom stereocenters. The predicted molar refractivity (Wildman–Crippen MR) is 169 cm³/mol. The lowest BCUT2D eigenvalue weighted by Crippen LogP contribution is -2.57. The van der Waals surface area contributed by atoms with Crippen molar-refractivity contribution in [2.75, 3.05) is 70.0 Å². The fraction of sp³-hybridized carbons (Fsp3) is 0.400. The zero-order chi connectivity index (χ0) is 32.2. The quantitative estimate of drug-likeness (QED) is 0.0905. The van der Waals surface area contributed by atoms with E-state index < -0.39 is 10.1 Å². The van der Waals surface area contributed by atoms with Crippen LogP contribution in [0.25, 0.3) is 0 Å². The summed E-state index contributed by atoms with van der Waals surface area (Å²) in [4.78, 5) is 23.0. The highest BCUT2D eigenvalue weighted by molar-refractivity contribution is 7.85. The lowest BCUT2D eigenvalue weighted by molar-refractivity contribution is -0.913. The number of rotatable bonds is 13. The van der Waals surface area contributed by atoms with Gasteiger partial charge in [-0.2, -0.15) is 0 Å². The monoisotopic (exact) mass is 628 g/mol. The number of aryl methyl sites for hydroxylation is 1. The van der Waals surface area contributed by atoms with Gasteiger partial charge in [0, 0.05) is 74.8 Å². The molecule has 238 valence electrons. The van der Waals surface area contributed by atoms with Crippen LogP contribution in [0.1, 0.15) is 18.4 Å². The summed E-state index contributed by atoms with van der Waals surface area (Å²) < 4.78 is 32.2. The topological polar surface area (TPSA) is 171 Å². The van der Waals surface area contributed by atoms with Crippen LogP contribution in [-0.2, 0) is 10.1 Å². The van der Waals surface area contributed by atoms with Gasteiger partial charge in [0.25, 0.3) is 11.4 Å². The number of benzene rings is 3. The number of hydrogen-bond donors (Lipinski definition) is 2. The molecule has 0 spiro atoms. The van der Waals surface area contributed by atoms with Crippen LogP contribution in [0, 0.1) is 27.2 Å². The van der Waals surface area contributed by atoms with Crippen molar-refractivity contribution >= 4 is 32.9 Å². The highest BCUT2D eigenvalue weighted by Crippen LogP contribution is 2.17. The van der Waals surface area contributed by atoms with Gasteiger partial charge in [-0.1, -0.05) is 17.7 Å². The van der Waals surface area contributed by atoms with Gasteiger partial charge in [-0.3, -0.25) is 25.1 Å². The lowest BCUT2D eigenvalue weighted by Gasteiger charge is -2.42. The molecule has 0 bridgehead atoms. The van der Waals surface area contributed by atoms with Crippen LogP contribution in [0.15, 0.2) is 77.7 Å². The number of nitro groups is 2. The van der Waals surface area contributed by atoms with Gasteiger partial charge in [0.2, 0.25) is 0 Å². The minimum Gasteiger partial charge on any atom is -0.744 e. The number of nitrogens with one attached hydrogen (secondary N) is 2. The van der Waals surface area contributed by atoms with Crippen LogP contribution >= 0.6 is 0 Å². The highest BCUT2D eigenvalue weighted by atomic mass is 32.2. The van der Waals surface area contributed by atoms with Gasteiger partial charge >= 0.3 is 0 Å². The number of non-ortho nitro benzene ring substituents is 2. The molecular formula is C30H40N6O7S. The van der Waals surface area contributed by atoms with Gasteiger partial charge in [0.05, 0.1) is 41.4 Å². The third kappa shape index (κ3) is 11.5. The van der Waals surface area contributed by atoms with Crippen molar-refractivity contribution < 1.29 is 27.3 Å². The molecule has 1 fully saturated rings. The Hall–Kier alpha value is -4.11. The molecule has 1 heterocycles. The van der Waals surface area contributed by atoms with E-state index in [0.717, 1.165) is 86.6 Å². The van der Waals surface area contributed by atoms with E-state index in [2.05, 4.69) is 22.6 Å². The molecule has 0 saturated carbocycles. The van der Waals surface area contributed by atoms with Gasteiger partial charge in [-0.25, -0.2) is 8.42 Å². The summed E-state index contributed by atoms with van der Waals surface area (Å²) in [5, 5.41) is 28.1. The Morgan fingerprint density at radius 2 is 1.23 bits per heavy atom. The number of hydrogen-bond acceptors (Lipinski definition) is 10.